The minimum atomic E-state index is -3.96. The standard InChI is InChI=1S/C12H18BrNO6S/c1-3-7(4-2)8(15)6-14-21(18,19)10-5-9(12(16)17)20-11(10)13/h5,7-8,14-15H,3-4,6H2,1-2H3,(H,16,17). The molecule has 0 radical (unpaired) electrons. The molecule has 0 saturated carbocycles. The highest BCUT2D eigenvalue weighted by atomic mass is 79.9. The van der Waals surface area contributed by atoms with E-state index in [0.717, 1.165) is 18.9 Å². The van der Waals surface area contributed by atoms with Crippen LogP contribution in [0.5, 0.6) is 0 Å². The van der Waals surface area contributed by atoms with Crippen molar-refractivity contribution >= 4 is 31.9 Å². The van der Waals surface area contributed by atoms with Crippen LogP contribution in [-0.4, -0.2) is 37.2 Å². The summed E-state index contributed by atoms with van der Waals surface area (Å²) in [6, 6.07) is 0.915. The van der Waals surface area contributed by atoms with Crippen molar-refractivity contribution in [3.63, 3.8) is 0 Å². The summed E-state index contributed by atoms with van der Waals surface area (Å²) < 4.78 is 31.0. The second-order valence-corrected chi connectivity index (χ2v) is 7.01. The fourth-order valence-corrected chi connectivity index (χ4v) is 3.90. The number of aliphatic hydroxyl groups is 1. The first-order valence-electron chi connectivity index (χ1n) is 6.43. The van der Waals surface area contributed by atoms with Crippen molar-refractivity contribution in [1.29, 1.82) is 0 Å². The lowest BCUT2D eigenvalue weighted by Crippen LogP contribution is -2.36. The van der Waals surface area contributed by atoms with E-state index < -0.39 is 27.9 Å². The van der Waals surface area contributed by atoms with Crippen molar-refractivity contribution in [2.24, 2.45) is 5.92 Å². The van der Waals surface area contributed by atoms with Gasteiger partial charge in [0.2, 0.25) is 15.8 Å². The number of furan rings is 1. The second kappa shape index (κ2) is 7.39. The summed E-state index contributed by atoms with van der Waals surface area (Å²) in [5, 5.41) is 18.7. The number of rotatable bonds is 8. The lowest BCUT2D eigenvalue weighted by molar-refractivity contribution is 0.0661. The number of hydrogen-bond acceptors (Lipinski definition) is 5. The maximum atomic E-state index is 12.1. The van der Waals surface area contributed by atoms with E-state index >= 15 is 0 Å². The third-order valence-electron chi connectivity index (χ3n) is 3.23. The van der Waals surface area contributed by atoms with Gasteiger partial charge in [-0.3, -0.25) is 0 Å². The molecule has 21 heavy (non-hydrogen) atoms. The van der Waals surface area contributed by atoms with Gasteiger partial charge in [-0.05, 0) is 21.8 Å². The summed E-state index contributed by atoms with van der Waals surface area (Å²) in [6.45, 7) is 3.68. The van der Waals surface area contributed by atoms with Crippen LogP contribution in [-0.2, 0) is 10.0 Å². The summed E-state index contributed by atoms with van der Waals surface area (Å²) in [7, 11) is -3.96. The third kappa shape index (κ3) is 4.53. The summed E-state index contributed by atoms with van der Waals surface area (Å²) in [6.07, 6.45) is 0.662. The van der Waals surface area contributed by atoms with Crippen LogP contribution < -0.4 is 4.72 Å². The molecule has 0 spiro atoms. The molecule has 0 aliphatic heterocycles. The number of carboxylic acids is 1. The molecule has 7 nitrogen and oxygen atoms in total. The van der Waals surface area contributed by atoms with Crippen molar-refractivity contribution in [2.75, 3.05) is 6.54 Å². The van der Waals surface area contributed by atoms with Crippen LogP contribution in [0.4, 0.5) is 0 Å². The van der Waals surface area contributed by atoms with Crippen LogP contribution in [0.25, 0.3) is 0 Å². The molecule has 1 aromatic heterocycles. The predicted octanol–water partition coefficient (Wildman–Crippen LogP) is 1.82. The molecule has 1 unspecified atom stereocenters. The minimum absolute atomic E-state index is 0.00456. The van der Waals surface area contributed by atoms with Gasteiger partial charge in [0, 0.05) is 12.6 Å². The van der Waals surface area contributed by atoms with Gasteiger partial charge >= 0.3 is 5.97 Å². The van der Waals surface area contributed by atoms with Crippen molar-refractivity contribution in [3.8, 4) is 0 Å². The van der Waals surface area contributed by atoms with E-state index in [0.29, 0.717) is 0 Å². The Kier molecular flexibility index (Phi) is 6.39. The Morgan fingerprint density at radius 3 is 2.43 bits per heavy atom. The molecule has 0 aliphatic carbocycles. The maximum Gasteiger partial charge on any atom is 0.371 e. The van der Waals surface area contributed by atoms with E-state index in [1.165, 1.54) is 0 Å². The first-order valence-corrected chi connectivity index (χ1v) is 8.70. The van der Waals surface area contributed by atoms with Crippen LogP contribution in [0.15, 0.2) is 20.0 Å². The van der Waals surface area contributed by atoms with E-state index in [4.69, 9.17) is 9.52 Å². The number of carbonyl (C=O) groups is 1. The zero-order valence-corrected chi connectivity index (χ0v) is 14.1. The van der Waals surface area contributed by atoms with Crippen molar-refractivity contribution in [2.45, 2.75) is 37.7 Å². The Balaban J connectivity index is 2.85. The Morgan fingerprint density at radius 1 is 1.43 bits per heavy atom. The molecule has 9 heteroatoms. The summed E-state index contributed by atoms with van der Waals surface area (Å²) >= 11 is 2.87. The lowest BCUT2D eigenvalue weighted by Gasteiger charge is -2.20. The van der Waals surface area contributed by atoms with Crippen LogP contribution in [0, 0.1) is 5.92 Å². The second-order valence-electron chi connectivity index (χ2n) is 4.55. The average Bonchev–Trinajstić information content (AvgIpc) is 2.81. The molecule has 1 atom stereocenters. The molecule has 3 N–H and O–H groups in total. The number of nitrogens with one attached hydrogen (secondary N) is 1. The number of sulfonamides is 1. The van der Waals surface area contributed by atoms with Crippen molar-refractivity contribution in [1.82, 2.24) is 4.72 Å². The van der Waals surface area contributed by atoms with E-state index in [1.54, 1.807) is 0 Å². The summed E-state index contributed by atoms with van der Waals surface area (Å²) in [4.78, 5) is 10.4. The molecule has 120 valence electrons. The fourth-order valence-electron chi connectivity index (χ4n) is 1.91. The Bertz CT molecular complexity index is 593. The van der Waals surface area contributed by atoms with Gasteiger partial charge in [-0.2, -0.15) is 0 Å². The lowest BCUT2D eigenvalue weighted by atomic mass is 9.97. The number of halogens is 1. The monoisotopic (exact) mass is 383 g/mol. The Morgan fingerprint density at radius 2 is 2.00 bits per heavy atom. The Hall–Kier alpha value is -0.900. The molecular weight excluding hydrogens is 366 g/mol. The maximum absolute atomic E-state index is 12.1. The summed E-state index contributed by atoms with van der Waals surface area (Å²) in [5.74, 6) is -1.85. The van der Waals surface area contributed by atoms with Gasteiger partial charge in [0.15, 0.2) is 4.67 Å². The molecule has 0 amide bonds. The molecule has 1 rings (SSSR count). The predicted molar refractivity (Wildman–Crippen MR) is 78.6 cm³/mol. The van der Waals surface area contributed by atoms with Gasteiger partial charge in [0.25, 0.3) is 0 Å². The van der Waals surface area contributed by atoms with E-state index in [2.05, 4.69) is 20.7 Å². The number of aliphatic hydroxyl groups excluding tert-OH is 1. The van der Waals surface area contributed by atoms with Crippen molar-refractivity contribution < 1.29 is 27.8 Å². The van der Waals surface area contributed by atoms with Crippen LogP contribution in [0.2, 0.25) is 0 Å². The number of carboxylic acid groups (broad SMARTS) is 1. The highest BCUT2D eigenvalue weighted by Crippen LogP contribution is 2.26. The third-order valence-corrected chi connectivity index (χ3v) is 5.51. The normalized spacial score (nSPS) is 13.6. The molecule has 0 aromatic carbocycles. The number of hydrogen-bond donors (Lipinski definition) is 3. The molecular formula is C12H18BrNO6S. The van der Waals surface area contributed by atoms with E-state index in [-0.39, 0.29) is 22.0 Å². The van der Waals surface area contributed by atoms with Gasteiger partial charge < -0.3 is 14.6 Å². The fraction of sp³-hybridized carbons (Fsp3) is 0.583. The first-order chi connectivity index (χ1) is 9.72. The SMILES string of the molecule is CCC(CC)C(O)CNS(=O)(=O)c1cc(C(=O)O)oc1Br. The molecule has 0 bridgehead atoms. The van der Waals surface area contributed by atoms with Gasteiger partial charge in [0.1, 0.15) is 4.90 Å². The largest absolute Gasteiger partial charge is 0.475 e. The number of aromatic carboxylic acids is 1. The van der Waals surface area contributed by atoms with E-state index in [1.807, 2.05) is 13.8 Å². The first kappa shape index (κ1) is 18.1. The smallest absolute Gasteiger partial charge is 0.371 e. The zero-order chi connectivity index (χ0) is 16.2. The van der Waals surface area contributed by atoms with Gasteiger partial charge in [-0.1, -0.05) is 26.7 Å². The summed E-state index contributed by atoms with van der Waals surface area (Å²) in [5.41, 5.74) is 0. The van der Waals surface area contributed by atoms with Gasteiger partial charge in [-0.15, -0.1) is 0 Å². The molecule has 0 fully saturated rings. The topological polar surface area (TPSA) is 117 Å². The zero-order valence-electron chi connectivity index (χ0n) is 11.7. The van der Waals surface area contributed by atoms with Crippen LogP contribution in [0.1, 0.15) is 37.2 Å². The van der Waals surface area contributed by atoms with Gasteiger partial charge in [0.05, 0.1) is 6.10 Å². The molecule has 1 heterocycles. The molecule has 0 aliphatic rings. The highest BCUT2D eigenvalue weighted by Gasteiger charge is 2.26. The van der Waals surface area contributed by atoms with Crippen LogP contribution in [0.3, 0.4) is 0 Å². The Labute approximate surface area is 131 Å². The quantitative estimate of drug-likeness (QED) is 0.630. The average molecular weight is 384 g/mol. The van der Waals surface area contributed by atoms with Crippen molar-refractivity contribution in [3.05, 3.63) is 16.5 Å². The van der Waals surface area contributed by atoms with E-state index in [9.17, 15) is 18.3 Å². The van der Waals surface area contributed by atoms with Gasteiger partial charge in [-0.25, -0.2) is 17.9 Å². The molecule has 0 saturated heterocycles. The highest BCUT2D eigenvalue weighted by molar-refractivity contribution is 9.10. The van der Waals surface area contributed by atoms with Crippen LogP contribution >= 0.6 is 15.9 Å². The molecule has 1 aromatic rings. The minimum Gasteiger partial charge on any atom is -0.475 e.